The second kappa shape index (κ2) is 7.62. The standard InChI is InChI=1S/C9H16ClNO3/c1-3-5-11(8(12)6-10)7-9(13)14-4-2/h3-7H2,1-2H3. The van der Waals surface area contributed by atoms with Crippen LogP contribution < -0.4 is 0 Å². The normalized spacial score (nSPS) is 9.64. The van der Waals surface area contributed by atoms with Crippen LogP contribution in [0, 0.1) is 0 Å². The lowest BCUT2D eigenvalue weighted by Crippen LogP contribution is -2.37. The highest BCUT2D eigenvalue weighted by Crippen LogP contribution is 1.96. The van der Waals surface area contributed by atoms with Crippen molar-refractivity contribution in [1.29, 1.82) is 0 Å². The second-order valence-corrected chi connectivity index (χ2v) is 3.02. The summed E-state index contributed by atoms with van der Waals surface area (Å²) in [6.45, 7) is 4.51. The predicted molar refractivity (Wildman–Crippen MR) is 54.2 cm³/mol. The highest BCUT2D eigenvalue weighted by molar-refractivity contribution is 6.27. The first-order valence-corrected chi connectivity index (χ1v) is 5.18. The van der Waals surface area contributed by atoms with Gasteiger partial charge in [0.05, 0.1) is 6.61 Å². The molecule has 0 aliphatic heterocycles. The third kappa shape index (κ3) is 5.07. The van der Waals surface area contributed by atoms with Crippen molar-refractivity contribution in [2.75, 3.05) is 25.6 Å². The van der Waals surface area contributed by atoms with E-state index in [4.69, 9.17) is 16.3 Å². The predicted octanol–water partition coefficient (Wildman–Crippen LogP) is 1.03. The number of ether oxygens (including phenoxy) is 1. The highest BCUT2D eigenvalue weighted by Gasteiger charge is 2.15. The van der Waals surface area contributed by atoms with Crippen molar-refractivity contribution >= 4 is 23.5 Å². The molecular weight excluding hydrogens is 206 g/mol. The zero-order valence-electron chi connectivity index (χ0n) is 8.59. The van der Waals surface area contributed by atoms with Gasteiger partial charge in [-0.25, -0.2) is 0 Å². The van der Waals surface area contributed by atoms with Gasteiger partial charge in [-0.1, -0.05) is 6.92 Å². The van der Waals surface area contributed by atoms with E-state index in [1.165, 1.54) is 4.90 Å². The minimum absolute atomic E-state index is 0.00671. The molecule has 0 rings (SSSR count). The fourth-order valence-corrected chi connectivity index (χ4v) is 1.18. The number of halogens is 1. The summed E-state index contributed by atoms with van der Waals surface area (Å²) in [6.07, 6.45) is 0.794. The summed E-state index contributed by atoms with van der Waals surface area (Å²) in [4.78, 5) is 23.7. The summed E-state index contributed by atoms with van der Waals surface area (Å²) in [5.41, 5.74) is 0. The van der Waals surface area contributed by atoms with Crippen LogP contribution in [0.15, 0.2) is 0 Å². The number of amides is 1. The molecule has 0 unspecified atom stereocenters. The molecule has 0 bridgehead atoms. The molecule has 0 aromatic rings. The quantitative estimate of drug-likeness (QED) is 0.497. The molecule has 82 valence electrons. The zero-order valence-corrected chi connectivity index (χ0v) is 9.34. The van der Waals surface area contributed by atoms with E-state index in [1.807, 2.05) is 6.92 Å². The maximum absolute atomic E-state index is 11.2. The molecule has 1 amide bonds. The van der Waals surface area contributed by atoms with E-state index in [9.17, 15) is 9.59 Å². The highest BCUT2D eigenvalue weighted by atomic mass is 35.5. The average Bonchev–Trinajstić information content (AvgIpc) is 2.16. The van der Waals surface area contributed by atoms with Crippen LogP contribution in [0.5, 0.6) is 0 Å². The van der Waals surface area contributed by atoms with Crippen molar-refractivity contribution in [2.24, 2.45) is 0 Å². The lowest BCUT2D eigenvalue weighted by atomic mass is 10.4. The van der Waals surface area contributed by atoms with Crippen molar-refractivity contribution in [3.8, 4) is 0 Å². The molecule has 0 aliphatic carbocycles. The Morgan fingerprint density at radius 1 is 1.36 bits per heavy atom. The van der Waals surface area contributed by atoms with Crippen LogP contribution >= 0.6 is 11.6 Å². The molecule has 0 aromatic heterocycles. The van der Waals surface area contributed by atoms with Crippen molar-refractivity contribution < 1.29 is 14.3 Å². The van der Waals surface area contributed by atoms with Gasteiger partial charge in [0.15, 0.2) is 0 Å². The summed E-state index contributed by atoms with van der Waals surface area (Å²) in [7, 11) is 0. The van der Waals surface area contributed by atoms with E-state index < -0.39 is 0 Å². The van der Waals surface area contributed by atoms with Gasteiger partial charge in [-0.2, -0.15) is 0 Å². The van der Waals surface area contributed by atoms with E-state index in [0.717, 1.165) is 6.42 Å². The van der Waals surface area contributed by atoms with Crippen molar-refractivity contribution in [3.05, 3.63) is 0 Å². The number of hydrogen-bond donors (Lipinski definition) is 0. The molecule has 14 heavy (non-hydrogen) atoms. The van der Waals surface area contributed by atoms with Crippen LogP contribution in [-0.4, -0.2) is 42.4 Å². The van der Waals surface area contributed by atoms with Gasteiger partial charge in [0.2, 0.25) is 5.91 Å². The minimum atomic E-state index is -0.389. The fraction of sp³-hybridized carbons (Fsp3) is 0.778. The summed E-state index contributed by atoms with van der Waals surface area (Å²) in [5, 5.41) is 0. The maximum atomic E-state index is 11.2. The van der Waals surface area contributed by atoms with Crippen LogP contribution in [0.25, 0.3) is 0 Å². The number of carbonyl (C=O) groups excluding carboxylic acids is 2. The first-order valence-electron chi connectivity index (χ1n) is 4.65. The van der Waals surface area contributed by atoms with Gasteiger partial charge in [-0.3, -0.25) is 9.59 Å². The average molecular weight is 222 g/mol. The molecule has 5 heteroatoms. The fourth-order valence-electron chi connectivity index (χ4n) is 1.01. The minimum Gasteiger partial charge on any atom is -0.465 e. The van der Waals surface area contributed by atoms with Gasteiger partial charge in [-0.15, -0.1) is 11.6 Å². The van der Waals surface area contributed by atoms with Gasteiger partial charge in [-0.05, 0) is 13.3 Å². The Morgan fingerprint density at radius 2 is 2.00 bits per heavy atom. The van der Waals surface area contributed by atoms with Crippen LogP contribution in [-0.2, 0) is 14.3 Å². The molecule has 0 aliphatic rings. The van der Waals surface area contributed by atoms with Crippen molar-refractivity contribution in [1.82, 2.24) is 4.90 Å². The summed E-state index contributed by atoms with van der Waals surface area (Å²) >= 11 is 5.40. The summed E-state index contributed by atoms with van der Waals surface area (Å²) < 4.78 is 4.74. The van der Waals surface area contributed by atoms with Gasteiger partial charge in [0.25, 0.3) is 0 Å². The van der Waals surface area contributed by atoms with Crippen LogP contribution in [0.4, 0.5) is 0 Å². The molecule has 0 atom stereocenters. The Bertz CT molecular complexity index is 196. The number of alkyl halides is 1. The van der Waals surface area contributed by atoms with Gasteiger partial charge >= 0.3 is 5.97 Å². The van der Waals surface area contributed by atoms with Crippen molar-refractivity contribution in [3.63, 3.8) is 0 Å². The first-order chi connectivity index (χ1) is 6.65. The topological polar surface area (TPSA) is 46.6 Å². The zero-order chi connectivity index (χ0) is 11.0. The molecule has 0 N–H and O–H groups in total. The van der Waals surface area contributed by atoms with E-state index >= 15 is 0 Å². The third-order valence-electron chi connectivity index (χ3n) is 1.59. The Labute approximate surface area is 89.2 Å². The Balaban J connectivity index is 4.08. The number of rotatable bonds is 6. The van der Waals surface area contributed by atoms with E-state index in [1.54, 1.807) is 6.92 Å². The number of esters is 1. The van der Waals surface area contributed by atoms with Crippen LogP contribution in [0.2, 0.25) is 0 Å². The molecule has 0 fully saturated rings. The van der Waals surface area contributed by atoms with Crippen molar-refractivity contribution in [2.45, 2.75) is 20.3 Å². The second-order valence-electron chi connectivity index (χ2n) is 2.75. The lowest BCUT2D eigenvalue weighted by Gasteiger charge is -2.19. The molecule has 0 heterocycles. The Kier molecular flexibility index (Phi) is 7.20. The molecule has 0 saturated heterocycles. The third-order valence-corrected chi connectivity index (χ3v) is 1.81. The summed E-state index contributed by atoms with van der Waals surface area (Å²) in [5.74, 6) is -0.722. The lowest BCUT2D eigenvalue weighted by molar-refractivity contribution is -0.148. The number of carbonyl (C=O) groups is 2. The van der Waals surface area contributed by atoms with Crippen LogP contribution in [0.3, 0.4) is 0 Å². The Hall–Kier alpha value is -0.770. The summed E-state index contributed by atoms with van der Waals surface area (Å²) in [6, 6.07) is 0. The van der Waals surface area contributed by atoms with E-state index in [0.29, 0.717) is 13.2 Å². The van der Waals surface area contributed by atoms with Gasteiger partial charge < -0.3 is 9.64 Å². The Morgan fingerprint density at radius 3 is 2.43 bits per heavy atom. The molecule has 0 aromatic carbocycles. The first kappa shape index (κ1) is 13.2. The molecule has 0 saturated carbocycles. The monoisotopic (exact) mass is 221 g/mol. The molecular formula is C9H16ClNO3. The van der Waals surface area contributed by atoms with E-state index in [-0.39, 0.29) is 24.3 Å². The maximum Gasteiger partial charge on any atom is 0.325 e. The van der Waals surface area contributed by atoms with Gasteiger partial charge in [0, 0.05) is 6.54 Å². The molecule has 4 nitrogen and oxygen atoms in total. The molecule has 0 spiro atoms. The smallest absolute Gasteiger partial charge is 0.325 e. The van der Waals surface area contributed by atoms with E-state index in [2.05, 4.69) is 0 Å². The largest absolute Gasteiger partial charge is 0.465 e. The number of hydrogen-bond acceptors (Lipinski definition) is 3. The van der Waals surface area contributed by atoms with Gasteiger partial charge in [0.1, 0.15) is 12.4 Å². The SMILES string of the molecule is CCCN(CC(=O)OCC)C(=O)CCl. The van der Waals surface area contributed by atoms with Crippen LogP contribution in [0.1, 0.15) is 20.3 Å². The molecule has 0 radical (unpaired) electrons. The number of nitrogens with zero attached hydrogens (tertiary/aromatic N) is 1.